The lowest BCUT2D eigenvalue weighted by Crippen LogP contribution is -2.05. The molecule has 5 nitrogen and oxygen atoms in total. The zero-order valence-corrected chi connectivity index (χ0v) is 16.4. The van der Waals surface area contributed by atoms with Crippen LogP contribution in [0.25, 0.3) is 11.5 Å². The quantitative estimate of drug-likeness (QED) is 0.440. The molecule has 0 bridgehead atoms. The minimum absolute atomic E-state index is 0.00797. The van der Waals surface area contributed by atoms with Gasteiger partial charge in [-0.1, -0.05) is 41.9 Å². The fourth-order valence-corrected chi connectivity index (χ4v) is 4.08. The molecule has 3 aromatic carbocycles. The van der Waals surface area contributed by atoms with E-state index in [2.05, 4.69) is 10.3 Å². The van der Waals surface area contributed by atoms with Crippen LogP contribution in [-0.2, 0) is 9.84 Å². The molecule has 0 aliphatic carbocycles. The van der Waals surface area contributed by atoms with Gasteiger partial charge in [-0.05, 0) is 48.5 Å². The van der Waals surface area contributed by atoms with Crippen molar-refractivity contribution in [2.45, 2.75) is 9.92 Å². The molecule has 0 amide bonds. The van der Waals surface area contributed by atoms with E-state index in [0.29, 0.717) is 10.7 Å². The van der Waals surface area contributed by atoms with Gasteiger partial charge in [0.15, 0.2) is 0 Å². The van der Waals surface area contributed by atoms with E-state index in [9.17, 15) is 12.8 Å². The summed E-state index contributed by atoms with van der Waals surface area (Å²) < 4.78 is 46.2. The number of halogens is 2. The Morgan fingerprint density at radius 2 is 1.55 bits per heavy atom. The molecular formula is C21H14ClFN2O3S. The summed E-state index contributed by atoms with van der Waals surface area (Å²) in [5.74, 6) is -0.825. The SMILES string of the molecule is O=S(=O)(c1ccc(Cl)cc1)c1nc(-c2ccccc2F)oc1Nc1ccccc1. The van der Waals surface area contributed by atoms with Gasteiger partial charge in [-0.25, -0.2) is 12.8 Å². The fraction of sp³-hybridized carbons (Fsp3) is 0. The standard InChI is InChI=1S/C21H14ClFN2O3S/c22-14-10-12-16(13-11-14)29(26,27)21-20(24-15-6-2-1-3-7-15)28-19(25-21)17-8-4-5-9-18(17)23/h1-13,24H. The third-order valence-electron chi connectivity index (χ3n) is 4.11. The van der Waals surface area contributed by atoms with Crippen LogP contribution in [0.4, 0.5) is 16.0 Å². The minimum atomic E-state index is -4.05. The number of oxazole rings is 1. The van der Waals surface area contributed by atoms with Crippen molar-refractivity contribution in [3.63, 3.8) is 0 Å². The summed E-state index contributed by atoms with van der Waals surface area (Å²) in [5, 5.41) is 2.97. The molecule has 1 N–H and O–H groups in total. The molecule has 0 unspecified atom stereocenters. The number of nitrogens with one attached hydrogen (secondary N) is 1. The van der Waals surface area contributed by atoms with Gasteiger partial charge in [-0.15, -0.1) is 0 Å². The molecule has 1 aromatic heterocycles. The van der Waals surface area contributed by atoms with Crippen molar-refractivity contribution in [3.8, 4) is 11.5 Å². The number of anilines is 2. The molecule has 146 valence electrons. The maximum atomic E-state index is 14.2. The molecule has 8 heteroatoms. The average Bonchev–Trinajstić information content (AvgIpc) is 3.14. The smallest absolute Gasteiger partial charge is 0.238 e. The summed E-state index contributed by atoms with van der Waals surface area (Å²) in [5.41, 5.74) is 0.650. The summed E-state index contributed by atoms with van der Waals surface area (Å²) in [6.45, 7) is 0. The maximum Gasteiger partial charge on any atom is 0.238 e. The van der Waals surface area contributed by atoms with Crippen molar-refractivity contribution < 1.29 is 17.2 Å². The van der Waals surface area contributed by atoms with Gasteiger partial charge in [0, 0.05) is 10.7 Å². The van der Waals surface area contributed by atoms with Gasteiger partial charge in [0.05, 0.1) is 10.5 Å². The summed E-state index contributed by atoms with van der Waals surface area (Å²) in [7, 11) is -4.05. The van der Waals surface area contributed by atoms with Crippen LogP contribution in [0, 0.1) is 5.82 Å². The second-order valence-electron chi connectivity index (χ2n) is 6.08. The largest absolute Gasteiger partial charge is 0.419 e. The zero-order chi connectivity index (χ0) is 20.4. The molecule has 0 fully saturated rings. The van der Waals surface area contributed by atoms with Crippen LogP contribution in [0.2, 0.25) is 5.02 Å². The first-order chi connectivity index (χ1) is 13.9. The van der Waals surface area contributed by atoms with Crippen molar-refractivity contribution in [2.24, 2.45) is 0 Å². The number of rotatable bonds is 5. The van der Waals surface area contributed by atoms with Gasteiger partial charge in [-0.3, -0.25) is 0 Å². The van der Waals surface area contributed by atoms with Crippen molar-refractivity contribution >= 4 is 33.0 Å². The second-order valence-corrected chi connectivity index (χ2v) is 8.38. The Morgan fingerprint density at radius 1 is 0.897 bits per heavy atom. The Kier molecular flexibility index (Phi) is 5.08. The van der Waals surface area contributed by atoms with Crippen molar-refractivity contribution in [2.75, 3.05) is 5.32 Å². The fourth-order valence-electron chi connectivity index (χ4n) is 2.70. The molecule has 1 heterocycles. The van der Waals surface area contributed by atoms with E-state index in [1.165, 1.54) is 42.5 Å². The van der Waals surface area contributed by atoms with Gasteiger partial charge in [0.2, 0.25) is 26.6 Å². The highest BCUT2D eigenvalue weighted by molar-refractivity contribution is 7.91. The Bertz CT molecular complexity index is 1260. The third kappa shape index (κ3) is 3.87. The number of sulfone groups is 1. The van der Waals surface area contributed by atoms with Crippen molar-refractivity contribution in [1.82, 2.24) is 4.98 Å². The van der Waals surface area contributed by atoms with E-state index in [-0.39, 0.29) is 27.3 Å². The topological polar surface area (TPSA) is 72.2 Å². The number of hydrogen-bond donors (Lipinski definition) is 1. The first-order valence-electron chi connectivity index (χ1n) is 8.53. The lowest BCUT2D eigenvalue weighted by Gasteiger charge is -2.06. The second kappa shape index (κ2) is 7.69. The van der Waals surface area contributed by atoms with Gasteiger partial charge in [-0.2, -0.15) is 4.98 Å². The molecular weight excluding hydrogens is 415 g/mol. The van der Waals surface area contributed by atoms with Crippen LogP contribution in [0.5, 0.6) is 0 Å². The number of nitrogens with zero attached hydrogens (tertiary/aromatic N) is 1. The molecule has 0 radical (unpaired) electrons. The van der Waals surface area contributed by atoms with E-state index in [0.717, 1.165) is 0 Å². The van der Waals surface area contributed by atoms with Crippen LogP contribution in [0.15, 0.2) is 93.2 Å². The van der Waals surface area contributed by atoms with Crippen molar-refractivity contribution in [1.29, 1.82) is 0 Å². The maximum absolute atomic E-state index is 14.2. The molecule has 0 aliphatic heterocycles. The highest BCUT2D eigenvalue weighted by Crippen LogP contribution is 2.35. The van der Waals surface area contributed by atoms with E-state index >= 15 is 0 Å². The lowest BCUT2D eigenvalue weighted by atomic mass is 10.2. The van der Waals surface area contributed by atoms with Crippen molar-refractivity contribution in [3.05, 3.63) is 89.7 Å². The molecule has 0 saturated heterocycles. The average molecular weight is 429 g/mol. The monoisotopic (exact) mass is 428 g/mol. The normalized spacial score (nSPS) is 11.4. The number of para-hydroxylation sites is 1. The third-order valence-corrected chi connectivity index (χ3v) is 6.04. The molecule has 4 aromatic rings. The molecule has 0 atom stereocenters. The zero-order valence-electron chi connectivity index (χ0n) is 14.8. The van der Waals surface area contributed by atoms with Crippen LogP contribution >= 0.6 is 11.6 Å². The van der Waals surface area contributed by atoms with Gasteiger partial charge in [0.1, 0.15) is 5.82 Å². The Hall–Kier alpha value is -3.16. The first-order valence-corrected chi connectivity index (χ1v) is 10.4. The predicted molar refractivity (Wildman–Crippen MR) is 109 cm³/mol. The summed E-state index contributed by atoms with van der Waals surface area (Å²) in [6.07, 6.45) is 0. The van der Waals surface area contributed by atoms with E-state index in [1.807, 2.05) is 6.07 Å². The Morgan fingerprint density at radius 3 is 2.24 bits per heavy atom. The first kappa shape index (κ1) is 19.2. The highest BCUT2D eigenvalue weighted by Gasteiger charge is 2.29. The lowest BCUT2D eigenvalue weighted by molar-refractivity contribution is 0.572. The van der Waals surface area contributed by atoms with Gasteiger partial charge in [0.25, 0.3) is 0 Å². The Labute approximate surface area is 171 Å². The molecule has 4 rings (SSSR count). The summed E-state index contributed by atoms with van der Waals surface area (Å²) >= 11 is 5.86. The van der Waals surface area contributed by atoms with E-state index in [4.69, 9.17) is 16.0 Å². The molecule has 0 spiro atoms. The van der Waals surface area contributed by atoms with Crippen LogP contribution in [-0.4, -0.2) is 13.4 Å². The molecule has 29 heavy (non-hydrogen) atoms. The minimum Gasteiger partial charge on any atom is -0.419 e. The van der Waals surface area contributed by atoms with E-state index in [1.54, 1.807) is 30.3 Å². The number of aromatic nitrogens is 1. The molecule has 0 saturated carbocycles. The number of benzene rings is 3. The van der Waals surface area contributed by atoms with Gasteiger partial charge >= 0.3 is 0 Å². The highest BCUT2D eigenvalue weighted by atomic mass is 35.5. The van der Waals surface area contributed by atoms with E-state index < -0.39 is 15.7 Å². The summed E-state index contributed by atoms with van der Waals surface area (Å²) in [6, 6.07) is 20.4. The van der Waals surface area contributed by atoms with Gasteiger partial charge < -0.3 is 9.73 Å². The number of hydrogen-bond acceptors (Lipinski definition) is 5. The predicted octanol–water partition coefficient (Wildman–Crippen LogP) is 5.71. The Balaban J connectivity index is 1.87. The van der Waals surface area contributed by atoms with Crippen LogP contribution < -0.4 is 5.32 Å². The molecule has 0 aliphatic rings. The van der Waals surface area contributed by atoms with Crippen LogP contribution in [0.1, 0.15) is 0 Å². The summed E-state index contributed by atoms with van der Waals surface area (Å²) in [4.78, 5) is 4.11. The van der Waals surface area contributed by atoms with Crippen LogP contribution in [0.3, 0.4) is 0 Å².